The highest BCUT2D eigenvalue weighted by Gasteiger charge is 2.24. The van der Waals surface area contributed by atoms with Gasteiger partial charge in [-0.2, -0.15) is 0 Å². The van der Waals surface area contributed by atoms with Crippen molar-refractivity contribution in [3.05, 3.63) is 11.5 Å². The van der Waals surface area contributed by atoms with E-state index in [-0.39, 0.29) is 0 Å². The third-order valence-electron chi connectivity index (χ3n) is 3.46. The van der Waals surface area contributed by atoms with Gasteiger partial charge >= 0.3 is 0 Å². The van der Waals surface area contributed by atoms with Gasteiger partial charge in [0, 0.05) is 19.6 Å². The van der Waals surface area contributed by atoms with Gasteiger partial charge in [0.25, 0.3) is 0 Å². The predicted molar refractivity (Wildman–Crippen MR) is 72.5 cm³/mol. The number of aromatic nitrogens is 2. The van der Waals surface area contributed by atoms with Gasteiger partial charge in [0.15, 0.2) is 16.7 Å². The Balaban J connectivity index is 2.13. The number of nitrogens with zero attached hydrogens (tertiary/aromatic N) is 4. The van der Waals surface area contributed by atoms with Crippen LogP contribution < -0.4 is 9.64 Å². The summed E-state index contributed by atoms with van der Waals surface area (Å²) in [5.74, 6) is 1.29. The lowest BCUT2D eigenvalue weighted by Gasteiger charge is -2.27. The van der Waals surface area contributed by atoms with Crippen molar-refractivity contribution in [2.24, 2.45) is 0 Å². The van der Waals surface area contributed by atoms with E-state index in [9.17, 15) is 0 Å². The number of likely N-dealkylation sites (tertiary alicyclic amines) is 1. The Hall–Kier alpha value is -1.07. The minimum atomic E-state index is 0.356. The quantitative estimate of drug-likeness (QED) is 0.779. The van der Waals surface area contributed by atoms with Crippen LogP contribution in [0, 0.1) is 0 Å². The molecule has 1 aliphatic heterocycles. The molecule has 0 radical (unpaired) electrons. The Kier molecular flexibility index (Phi) is 4.24. The number of hydrogen-bond acceptors (Lipinski definition) is 5. The summed E-state index contributed by atoms with van der Waals surface area (Å²) >= 11 is 6.01. The second kappa shape index (κ2) is 5.71. The topological polar surface area (TPSA) is 41.5 Å². The summed E-state index contributed by atoms with van der Waals surface area (Å²) < 4.78 is 5.28. The van der Waals surface area contributed by atoms with E-state index in [1.54, 1.807) is 7.11 Å². The molecule has 2 rings (SSSR count). The summed E-state index contributed by atoms with van der Waals surface area (Å²) in [6.45, 7) is 2.08. The largest absolute Gasteiger partial charge is 0.490 e. The van der Waals surface area contributed by atoms with E-state index in [0.29, 0.717) is 16.9 Å². The summed E-state index contributed by atoms with van der Waals surface area (Å²) in [4.78, 5) is 12.7. The highest BCUT2D eigenvalue weighted by Crippen LogP contribution is 2.31. The van der Waals surface area contributed by atoms with Gasteiger partial charge in [-0.25, -0.2) is 9.97 Å². The van der Waals surface area contributed by atoms with E-state index in [2.05, 4.69) is 26.8 Å². The molecule has 5 nitrogen and oxygen atoms in total. The maximum atomic E-state index is 6.01. The molecule has 1 saturated heterocycles. The monoisotopic (exact) mass is 270 g/mol. The van der Waals surface area contributed by atoms with E-state index >= 15 is 0 Å². The molecule has 1 aliphatic rings. The maximum absolute atomic E-state index is 6.01. The van der Waals surface area contributed by atoms with Crippen molar-refractivity contribution in [2.45, 2.75) is 18.9 Å². The van der Waals surface area contributed by atoms with Crippen LogP contribution in [0.2, 0.25) is 5.15 Å². The van der Waals surface area contributed by atoms with E-state index < -0.39 is 0 Å². The van der Waals surface area contributed by atoms with Crippen LogP contribution in [0.4, 0.5) is 5.82 Å². The number of halogens is 1. The van der Waals surface area contributed by atoms with Crippen LogP contribution in [0.15, 0.2) is 6.33 Å². The first-order valence-electron chi connectivity index (χ1n) is 6.09. The van der Waals surface area contributed by atoms with Gasteiger partial charge in [-0.05, 0) is 26.4 Å². The molecular formula is C12H19ClN4O. The highest BCUT2D eigenvalue weighted by molar-refractivity contribution is 6.31. The number of rotatable bonds is 4. The van der Waals surface area contributed by atoms with E-state index in [4.69, 9.17) is 16.3 Å². The fraction of sp³-hybridized carbons (Fsp3) is 0.667. The first-order chi connectivity index (χ1) is 8.63. The van der Waals surface area contributed by atoms with Crippen LogP contribution in [-0.4, -0.2) is 55.2 Å². The van der Waals surface area contributed by atoms with Crippen LogP contribution in [0.25, 0.3) is 0 Å². The molecule has 1 aromatic heterocycles. The molecule has 0 aromatic carbocycles. The average Bonchev–Trinajstić information content (AvgIpc) is 2.74. The molecule has 0 saturated carbocycles. The zero-order valence-electron chi connectivity index (χ0n) is 11.1. The fourth-order valence-corrected chi connectivity index (χ4v) is 2.61. The third-order valence-corrected chi connectivity index (χ3v) is 3.73. The van der Waals surface area contributed by atoms with Gasteiger partial charge < -0.3 is 14.5 Å². The molecule has 0 spiro atoms. The van der Waals surface area contributed by atoms with Gasteiger partial charge in [-0.1, -0.05) is 11.6 Å². The van der Waals surface area contributed by atoms with Gasteiger partial charge in [0.1, 0.15) is 6.33 Å². The molecule has 0 N–H and O–H groups in total. The average molecular weight is 271 g/mol. The fourth-order valence-electron chi connectivity index (χ4n) is 2.40. The number of ether oxygens (including phenoxy) is 1. The normalized spacial score (nSPS) is 20.1. The zero-order chi connectivity index (χ0) is 13.1. The van der Waals surface area contributed by atoms with Gasteiger partial charge in [0.2, 0.25) is 0 Å². The molecule has 0 aliphatic carbocycles. The van der Waals surface area contributed by atoms with Crippen molar-refractivity contribution in [2.75, 3.05) is 39.2 Å². The van der Waals surface area contributed by atoms with Gasteiger partial charge in [-0.15, -0.1) is 0 Å². The summed E-state index contributed by atoms with van der Waals surface area (Å²) in [5.41, 5.74) is 0. The Morgan fingerprint density at radius 1 is 1.56 bits per heavy atom. The zero-order valence-corrected chi connectivity index (χ0v) is 11.8. The highest BCUT2D eigenvalue weighted by atomic mass is 35.5. The lowest BCUT2D eigenvalue weighted by Crippen LogP contribution is -2.37. The van der Waals surface area contributed by atoms with Crippen molar-refractivity contribution < 1.29 is 4.74 Å². The first kappa shape index (κ1) is 13.4. The minimum Gasteiger partial charge on any atom is -0.490 e. The molecule has 1 atom stereocenters. The van der Waals surface area contributed by atoms with Gasteiger partial charge in [0.05, 0.1) is 7.11 Å². The molecule has 1 fully saturated rings. The van der Waals surface area contributed by atoms with Crippen LogP contribution >= 0.6 is 11.6 Å². The number of anilines is 1. The lowest BCUT2D eigenvalue weighted by atomic mass is 10.2. The van der Waals surface area contributed by atoms with Crippen LogP contribution in [0.5, 0.6) is 5.75 Å². The third kappa shape index (κ3) is 2.67. The Morgan fingerprint density at radius 3 is 2.94 bits per heavy atom. The molecule has 6 heteroatoms. The van der Waals surface area contributed by atoms with Crippen LogP contribution in [0.1, 0.15) is 12.8 Å². The summed E-state index contributed by atoms with van der Waals surface area (Å²) in [5, 5.41) is 0.356. The molecule has 2 heterocycles. The molecule has 100 valence electrons. The molecule has 1 aromatic rings. The van der Waals surface area contributed by atoms with E-state index in [0.717, 1.165) is 12.4 Å². The van der Waals surface area contributed by atoms with Gasteiger partial charge in [-0.3, -0.25) is 0 Å². The molecule has 18 heavy (non-hydrogen) atoms. The molecule has 0 amide bonds. The number of methoxy groups -OCH3 is 1. The van der Waals surface area contributed by atoms with Crippen molar-refractivity contribution in [1.29, 1.82) is 0 Å². The summed E-state index contributed by atoms with van der Waals surface area (Å²) in [7, 11) is 5.76. The smallest absolute Gasteiger partial charge is 0.199 e. The molecule has 0 bridgehead atoms. The van der Waals surface area contributed by atoms with E-state index in [1.165, 1.54) is 25.7 Å². The van der Waals surface area contributed by atoms with E-state index in [1.807, 2.05) is 7.05 Å². The standard InChI is InChI=1S/C12H19ClN4O/c1-16-6-4-5-9(16)7-17(2)12-10(18-3)11(13)14-8-15-12/h8-9H,4-7H2,1-3H3. The Morgan fingerprint density at radius 2 is 2.33 bits per heavy atom. The van der Waals surface area contributed by atoms with Crippen molar-refractivity contribution in [3.8, 4) is 5.75 Å². The molecule has 1 unspecified atom stereocenters. The van der Waals surface area contributed by atoms with Crippen molar-refractivity contribution >= 4 is 17.4 Å². The van der Waals surface area contributed by atoms with Crippen molar-refractivity contribution in [1.82, 2.24) is 14.9 Å². The number of likely N-dealkylation sites (N-methyl/N-ethyl adjacent to an activating group) is 2. The number of hydrogen-bond donors (Lipinski definition) is 0. The SMILES string of the molecule is COc1c(Cl)ncnc1N(C)CC1CCCN1C. The summed E-state index contributed by atoms with van der Waals surface area (Å²) in [6, 6.07) is 0.563. The van der Waals surface area contributed by atoms with Crippen molar-refractivity contribution in [3.63, 3.8) is 0 Å². The maximum Gasteiger partial charge on any atom is 0.199 e. The Bertz CT molecular complexity index is 415. The minimum absolute atomic E-state index is 0.356. The van der Waals surface area contributed by atoms with Crippen LogP contribution in [-0.2, 0) is 0 Å². The van der Waals surface area contributed by atoms with Crippen LogP contribution in [0.3, 0.4) is 0 Å². The molecular weight excluding hydrogens is 252 g/mol. The second-order valence-corrected chi connectivity index (χ2v) is 5.04. The predicted octanol–water partition coefficient (Wildman–Crippen LogP) is 1.67. The lowest BCUT2D eigenvalue weighted by molar-refractivity contribution is 0.313. The second-order valence-electron chi connectivity index (χ2n) is 4.68. The Labute approximate surface area is 113 Å². The summed E-state index contributed by atoms with van der Waals surface area (Å²) in [6.07, 6.45) is 3.95. The first-order valence-corrected chi connectivity index (χ1v) is 6.47.